The van der Waals surface area contributed by atoms with Gasteiger partial charge in [-0.1, -0.05) is 30.3 Å². The number of primary sulfonamides is 1. The topological polar surface area (TPSA) is 102 Å². The van der Waals surface area contributed by atoms with E-state index in [2.05, 4.69) is 5.32 Å². The van der Waals surface area contributed by atoms with Gasteiger partial charge in [-0.25, -0.2) is 13.6 Å². The number of nitrogens with one attached hydrogen (secondary N) is 1. The van der Waals surface area contributed by atoms with Crippen LogP contribution in [0.2, 0.25) is 0 Å². The number of nitrogens with two attached hydrogens (primary N) is 1. The molecule has 0 radical (unpaired) electrons. The van der Waals surface area contributed by atoms with E-state index < -0.39 is 10.0 Å². The second-order valence-corrected chi connectivity index (χ2v) is 7.13. The van der Waals surface area contributed by atoms with Crippen LogP contribution in [0.3, 0.4) is 0 Å². The Labute approximate surface area is 145 Å². The lowest BCUT2D eigenvalue weighted by molar-refractivity contribution is -0.111. The number of furan rings is 1. The van der Waals surface area contributed by atoms with Gasteiger partial charge in [-0.2, -0.15) is 0 Å². The van der Waals surface area contributed by atoms with Crippen molar-refractivity contribution in [2.75, 3.05) is 5.32 Å². The molecule has 0 aliphatic heterocycles. The first kappa shape index (κ1) is 16.9. The molecule has 1 heterocycles. The fourth-order valence-corrected chi connectivity index (χ4v) is 3.00. The summed E-state index contributed by atoms with van der Waals surface area (Å²) in [6.45, 7) is 0. The third-order valence-corrected chi connectivity index (χ3v) is 4.17. The molecule has 0 fully saturated rings. The van der Waals surface area contributed by atoms with E-state index in [9.17, 15) is 13.2 Å². The number of carbonyl (C=O) groups excluding carboxylic acids is 1. The quantitative estimate of drug-likeness (QED) is 0.686. The smallest absolute Gasteiger partial charge is 0.248 e. The Hall–Kier alpha value is -2.90. The molecule has 7 heteroatoms. The highest BCUT2D eigenvalue weighted by Crippen LogP contribution is 2.19. The lowest BCUT2D eigenvalue weighted by Gasteiger charge is -2.04. The summed E-state index contributed by atoms with van der Waals surface area (Å²) in [5, 5.41) is 8.65. The molecule has 0 aliphatic carbocycles. The predicted molar refractivity (Wildman–Crippen MR) is 97.1 cm³/mol. The molecule has 6 nitrogen and oxygen atoms in total. The van der Waals surface area contributed by atoms with Crippen LogP contribution in [0.4, 0.5) is 5.69 Å². The molecule has 0 atom stereocenters. The van der Waals surface area contributed by atoms with Crippen molar-refractivity contribution in [3.8, 4) is 0 Å². The van der Waals surface area contributed by atoms with Gasteiger partial charge in [0.25, 0.3) is 0 Å². The van der Waals surface area contributed by atoms with E-state index in [0.29, 0.717) is 17.0 Å². The van der Waals surface area contributed by atoms with Crippen LogP contribution in [-0.2, 0) is 20.6 Å². The highest BCUT2D eigenvalue weighted by atomic mass is 32.2. The van der Waals surface area contributed by atoms with Gasteiger partial charge in [-0.15, -0.1) is 0 Å². The van der Waals surface area contributed by atoms with Crippen molar-refractivity contribution < 1.29 is 17.6 Å². The van der Waals surface area contributed by atoms with Gasteiger partial charge in [0, 0.05) is 17.1 Å². The Morgan fingerprint density at radius 1 is 1.12 bits per heavy atom. The average molecular weight is 356 g/mol. The fourth-order valence-electron chi connectivity index (χ4n) is 2.34. The number of fused-ring (bicyclic) bond motifs is 1. The minimum absolute atomic E-state index is 0.243. The maximum atomic E-state index is 12.0. The summed E-state index contributed by atoms with van der Waals surface area (Å²) in [4.78, 5) is 12.0. The van der Waals surface area contributed by atoms with Gasteiger partial charge in [0.15, 0.2) is 0 Å². The Balaban J connectivity index is 1.63. The zero-order chi connectivity index (χ0) is 17.9. The second-order valence-electron chi connectivity index (χ2n) is 5.51. The molecular formula is C18H16N2O4S. The van der Waals surface area contributed by atoms with Gasteiger partial charge in [0.2, 0.25) is 15.9 Å². The average Bonchev–Trinajstić information content (AvgIpc) is 2.96. The zero-order valence-corrected chi connectivity index (χ0v) is 14.0. The summed E-state index contributed by atoms with van der Waals surface area (Å²) in [7, 11) is -3.57. The van der Waals surface area contributed by atoms with Crippen LogP contribution in [0, 0.1) is 0 Å². The van der Waals surface area contributed by atoms with E-state index >= 15 is 0 Å². The van der Waals surface area contributed by atoms with E-state index in [1.807, 2.05) is 30.3 Å². The molecule has 1 aromatic heterocycles. The minimum Gasteiger partial charge on any atom is -0.457 e. The Bertz CT molecular complexity index is 1000. The first-order valence-electron chi connectivity index (χ1n) is 7.46. The highest BCUT2D eigenvalue weighted by Gasteiger charge is 2.05. The van der Waals surface area contributed by atoms with Gasteiger partial charge in [-0.05, 0) is 35.9 Å². The van der Waals surface area contributed by atoms with Crippen molar-refractivity contribution in [2.45, 2.75) is 5.75 Å². The van der Waals surface area contributed by atoms with Crippen LogP contribution < -0.4 is 10.5 Å². The summed E-state index contributed by atoms with van der Waals surface area (Å²) in [6, 6.07) is 15.9. The monoisotopic (exact) mass is 356 g/mol. The van der Waals surface area contributed by atoms with Crippen LogP contribution in [0.25, 0.3) is 17.0 Å². The Morgan fingerprint density at radius 3 is 2.52 bits per heavy atom. The van der Waals surface area contributed by atoms with Crippen molar-refractivity contribution in [1.82, 2.24) is 0 Å². The molecule has 2 aromatic carbocycles. The third-order valence-electron chi connectivity index (χ3n) is 3.43. The van der Waals surface area contributed by atoms with Gasteiger partial charge < -0.3 is 9.73 Å². The van der Waals surface area contributed by atoms with Crippen molar-refractivity contribution in [3.63, 3.8) is 0 Å². The summed E-state index contributed by atoms with van der Waals surface area (Å²) in [6.07, 6.45) is 2.96. The van der Waals surface area contributed by atoms with E-state index in [0.717, 1.165) is 11.0 Å². The van der Waals surface area contributed by atoms with Crippen molar-refractivity contribution >= 4 is 38.7 Å². The molecular weight excluding hydrogens is 340 g/mol. The van der Waals surface area contributed by atoms with E-state index in [1.165, 1.54) is 6.08 Å². The van der Waals surface area contributed by atoms with Crippen molar-refractivity contribution in [2.24, 2.45) is 5.14 Å². The molecule has 0 spiro atoms. The number of benzene rings is 2. The van der Waals surface area contributed by atoms with Gasteiger partial charge in [-0.3, -0.25) is 4.79 Å². The SMILES string of the molecule is NS(=O)(=O)Cc1ccc(NC(=O)/C=C/c2cc3ccccc3o2)cc1. The number of carbonyl (C=O) groups is 1. The van der Waals surface area contributed by atoms with E-state index in [4.69, 9.17) is 9.56 Å². The Morgan fingerprint density at radius 2 is 1.84 bits per heavy atom. The molecule has 3 N–H and O–H groups in total. The zero-order valence-electron chi connectivity index (χ0n) is 13.2. The number of para-hydroxylation sites is 1. The predicted octanol–water partition coefficient (Wildman–Crippen LogP) is 2.87. The molecule has 128 valence electrons. The summed E-state index contributed by atoms with van der Waals surface area (Å²) in [5.74, 6) is 0.0206. The van der Waals surface area contributed by atoms with Crippen molar-refractivity contribution in [3.05, 3.63) is 72.0 Å². The maximum absolute atomic E-state index is 12.0. The molecule has 0 unspecified atom stereocenters. The first-order chi connectivity index (χ1) is 11.9. The number of sulfonamides is 1. The minimum atomic E-state index is -3.57. The van der Waals surface area contributed by atoms with Crippen molar-refractivity contribution in [1.29, 1.82) is 0 Å². The molecule has 3 aromatic rings. The first-order valence-corrected chi connectivity index (χ1v) is 9.18. The molecule has 0 saturated carbocycles. The van der Waals surface area contributed by atoms with Crippen LogP contribution in [-0.4, -0.2) is 14.3 Å². The molecule has 3 rings (SSSR count). The molecule has 1 amide bonds. The number of amides is 1. The van der Waals surface area contributed by atoms with Crippen LogP contribution in [0.15, 0.2) is 65.1 Å². The summed E-state index contributed by atoms with van der Waals surface area (Å²) in [5.41, 5.74) is 1.86. The molecule has 0 bridgehead atoms. The van der Waals surface area contributed by atoms with Gasteiger partial charge >= 0.3 is 0 Å². The summed E-state index contributed by atoms with van der Waals surface area (Å²) < 4.78 is 27.7. The number of hydrogen-bond acceptors (Lipinski definition) is 4. The summed E-state index contributed by atoms with van der Waals surface area (Å²) >= 11 is 0. The third kappa shape index (κ3) is 4.79. The Kier molecular flexibility index (Phi) is 4.69. The van der Waals surface area contributed by atoms with Gasteiger partial charge in [0.1, 0.15) is 11.3 Å². The molecule has 25 heavy (non-hydrogen) atoms. The number of rotatable bonds is 5. The van der Waals surface area contributed by atoms with E-state index in [1.54, 1.807) is 30.3 Å². The standard InChI is InChI=1S/C18H16N2O4S/c19-25(22,23)12-13-5-7-15(8-6-13)20-18(21)10-9-16-11-14-3-1-2-4-17(14)24-16/h1-11H,12H2,(H,20,21)(H2,19,22,23)/b10-9+. The lowest BCUT2D eigenvalue weighted by Crippen LogP contribution is -2.14. The molecule has 0 saturated heterocycles. The van der Waals surface area contributed by atoms with E-state index in [-0.39, 0.29) is 11.7 Å². The highest BCUT2D eigenvalue weighted by molar-refractivity contribution is 7.88. The number of anilines is 1. The largest absolute Gasteiger partial charge is 0.457 e. The van der Waals surface area contributed by atoms with Crippen LogP contribution >= 0.6 is 0 Å². The molecule has 0 aliphatic rings. The van der Waals surface area contributed by atoms with Crippen LogP contribution in [0.1, 0.15) is 11.3 Å². The fraction of sp³-hybridized carbons (Fsp3) is 0.0556. The number of hydrogen-bond donors (Lipinski definition) is 2. The normalized spacial score (nSPS) is 11.9. The maximum Gasteiger partial charge on any atom is 0.248 e. The second kappa shape index (κ2) is 6.92. The lowest BCUT2D eigenvalue weighted by atomic mass is 10.2. The van der Waals surface area contributed by atoms with Gasteiger partial charge in [0.05, 0.1) is 5.75 Å². The van der Waals surface area contributed by atoms with Crippen LogP contribution in [0.5, 0.6) is 0 Å².